The zero-order chi connectivity index (χ0) is 21.9. The maximum Gasteiger partial charge on any atom is 0.201 e. The standard InChI is InChI=1S/C28H25NOPS/c30-28(22-32-27(29-28)23-13-5-1-6-14-23)21-31(24-15-7-2-8-16-24,25-17-9-3-10-18-25)26-19-11-4-12-20-26/h1-20,30H,21-22H2/q+1. The Morgan fingerprint density at radius 2 is 1.06 bits per heavy atom. The van der Waals surface area contributed by atoms with E-state index in [2.05, 4.69) is 103 Å². The summed E-state index contributed by atoms with van der Waals surface area (Å²) >= 11 is 1.65. The van der Waals surface area contributed by atoms with Crippen molar-refractivity contribution in [1.82, 2.24) is 0 Å². The highest BCUT2D eigenvalue weighted by atomic mass is 32.2. The van der Waals surface area contributed by atoms with Crippen molar-refractivity contribution in [2.75, 3.05) is 11.9 Å². The van der Waals surface area contributed by atoms with Gasteiger partial charge in [-0.15, -0.1) is 11.8 Å². The second-order valence-electron chi connectivity index (χ2n) is 8.03. The first-order valence-corrected chi connectivity index (χ1v) is 13.7. The molecule has 32 heavy (non-hydrogen) atoms. The van der Waals surface area contributed by atoms with Crippen LogP contribution in [-0.4, -0.2) is 27.8 Å². The Morgan fingerprint density at radius 3 is 1.50 bits per heavy atom. The summed E-state index contributed by atoms with van der Waals surface area (Å²) in [6, 6.07) is 42.2. The molecule has 158 valence electrons. The van der Waals surface area contributed by atoms with E-state index in [1.54, 1.807) is 11.8 Å². The molecule has 0 bridgehead atoms. The van der Waals surface area contributed by atoms with E-state index in [0.717, 1.165) is 10.6 Å². The first-order chi connectivity index (χ1) is 15.7. The number of hydrogen-bond acceptors (Lipinski definition) is 3. The number of thioether (sulfide) groups is 1. The van der Waals surface area contributed by atoms with Gasteiger partial charge in [0.05, 0.1) is 5.75 Å². The van der Waals surface area contributed by atoms with E-state index >= 15 is 0 Å². The Balaban J connectivity index is 1.68. The lowest BCUT2D eigenvalue weighted by molar-refractivity contribution is 0.103. The lowest BCUT2D eigenvalue weighted by Gasteiger charge is -2.32. The zero-order valence-corrected chi connectivity index (χ0v) is 19.4. The van der Waals surface area contributed by atoms with E-state index in [-0.39, 0.29) is 0 Å². The molecule has 0 spiro atoms. The van der Waals surface area contributed by atoms with E-state index in [9.17, 15) is 5.11 Å². The first kappa shape index (κ1) is 21.2. The van der Waals surface area contributed by atoms with Crippen molar-refractivity contribution in [3.8, 4) is 0 Å². The van der Waals surface area contributed by atoms with Crippen molar-refractivity contribution in [3.63, 3.8) is 0 Å². The van der Waals surface area contributed by atoms with E-state index in [1.807, 2.05) is 18.2 Å². The predicted octanol–water partition coefficient (Wildman–Crippen LogP) is 4.86. The van der Waals surface area contributed by atoms with Gasteiger partial charge in [0.15, 0.2) is 0 Å². The third-order valence-corrected chi connectivity index (χ3v) is 11.6. The van der Waals surface area contributed by atoms with Crippen LogP contribution in [0, 0.1) is 0 Å². The molecule has 1 heterocycles. The molecule has 0 radical (unpaired) electrons. The van der Waals surface area contributed by atoms with Gasteiger partial charge >= 0.3 is 0 Å². The van der Waals surface area contributed by atoms with Crippen LogP contribution >= 0.6 is 19.0 Å². The SMILES string of the molecule is OC1(C[P+](c2ccccc2)(c2ccccc2)c2ccccc2)CSC(c2ccccc2)=N1. The summed E-state index contributed by atoms with van der Waals surface area (Å²) in [6.45, 7) is 0. The molecule has 1 atom stereocenters. The average molecular weight is 455 g/mol. The maximum absolute atomic E-state index is 11.9. The molecule has 0 saturated carbocycles. The molecule has 1 aliphatic heterocycles. The van der Waals surface area contributed by atoms with Crippen LogP contribution in [0.3, 0.4) is 0 Å². The molecular weight excluding hydrogens is 429 g/mol. The van der Waals surface area contributed by atoms with Gasteiger partial charge in [0.2, 0.25) is 5.72 Å². The summed E-state index contributed by atoms with van der Waals surface area (Å²) in [5.41, 5.74) is -0.0676. The monoisotopic (exact) mass is 454 g/mol. The van der Waals surface area contributed by atoms with Crippen LogP contribution in [0.25, 0.3) is 0 Å². The highest BCUT2D eigenvalue weighted by Crippen LogP contribution is 2.58. The Labute approximate surface area is 194 Å². The minimum absolute atomic E-state index is 0.561. The quantitative estimate of drug-likeness (QED) is 0.422. The summed E-state index contributed by atoms with van der Waals surface area (Å²) in [5.74, 6) is 0.561. The van der Waals surface area contributed by atoms with Gasteiger partial charge in [-0.1, -0.05) is 84.9 Å². The molecule has 2 nitrogen and oxygen atoms in total. The summed E-state index contributed by atoms with van der Waals surface area (Å²) < 4.78 is 0. The van der Waals surface area contributed by atoms with Gasteiger partial charge in [-0.3, -0.25) is 0 Å². The Morgan fingerprint density at radius 1 is 0.656 bits per heavy atom. The third-order valence-electron chi connectivity index (χ3n) is 5.85. The molecule has 0 fully saturated rings. The van der Waals surface area contributed by atoms with Gasteiger partial charge in [0, 0.05) is 5.56 Å². The fraction of sp³-hybridized carbons (Fsp3) is 0.107. The lowest BCUT2D eigenvalue weighted by Crippen LogP contribution is -2.43. The summed E-state index contributed by atoms with van der Waals surface area (Å²) in [5, 5.41) is 16.6. The summed E-state index contributed by atoms with van der Waals surface area (Å²) in [4.78, 5) is 4.91. The molecule has 1 aliphatic rings. The van der Waals surface area contributed by atoms with Gasteiger partial charge in [0.1, 0.15) is 34.4 Å². The van der Waals surface area contributed by atoms with Crippen LogP contribution < -0.4 is 15.9 Å². The van der Waals surface area contributed by atoms with E-state index < -0.39 is 13.0 Å². The van der Waals surface area contributed by atoms with E-state index in [1.165, 1.54) is 15.9 Å². The predicted molar refractivity (Wildman–Crippen MR) is 140 cm³/mol. The number of hydrogen-bond donors (Lipinski definition) is 1. The normalized spacial score (nSPS) is 18.3. The fourth-order valence-corrected chi connectivity index (χ4v) is 10.0. The minimum atomic E-state index is -2.16. The van der Waals surface area contributed by atoms with Crippen LogP contribution in [0.15, 0.2) is 126 Å². The van der Waals surface area contributed by atoms with Gasteiger partial charge in [-0.05, 0) is 36.4 Å². The second-order valence-corrected chi connectivity index (χ2v) is 12.5. The molecule has 0 amide bonds. The average Bonchev–Trinajstić information content (AvgIpc) is 3.26. The maximum atomic E-state index is 11.9. The molecule has 4 aromatic carbocycles. The van der Waals surface area contributed by atoms with Crippen molar-refractivity contribution >= 4 is 40.0 Å². The molecule has 0 aromatic heterocycles. The highest BCUT2D eigenvalue weighted by molar-refractivity contribution is 8.14. The minimum Gasteiger partial charge on any atom is -0.366 e. The molecule has 1 unspecified atom stereocenters. The van der Waals surface area contributed by atoms with Crippen LogP contribution in [0.1, 0.15) is 5.56 Å². The third kappa shape index (κ3) is 4.04. The van der Waals surface area contributed by atoms with Crippen molar-refractivity contribution in [3.05, 3.63) is 127 Å². The molecular formula is C28H25NOPS+. The number of rotatable bonds is 6. The van der Waals surface area contributed by atoms with Crippen molar-refractivity contribution in [2.45, 2.75) is 5.72 Å². The Bertz CT molecular complexity index is 1100. The topological polar surface area (TPSA) is 32.6 Å². The highest BCUT2D eigenvalue weighted by Gasteiger charge is 2.53. The smallest absolute Gasteiger partial charge is 0.201 e. The molecule has 0 saturated heterocycles. The zero-order valence-electron chi connectivity index (χ0n) is 17.7. The van der Waals surface area contributed by atoms with Crippen molar-refractivity contribution < 1.29 is 5.11 Å². The molecule has 5 rings (SSSR count). The van der Waals surface area contributed by atoms with Gasteiger partial charge in [-0.2, -0.15) is 0 Å². The van der Waals surface area contributed by atoms with Crippen molar-refractivity contribution in [1.29, 1.82) is 0 Å². The number of benzene rings is 4. The fourth-order valence-electron chi connectivity index (χ4n) is 4.40. The van der Waals surface area contributed by atoms with Crippen LogP contribution in [0.2, 0.25) is 0 Å². The second kappa shape index (κ2) is 9.03. The van der Waals surface area contributed by atoms with Gasteiger partial charge in [0.25, 0.3) is 0 Å². The van der Waals surface area contributed by atoms with Crippen molar-refractivity contribution in [2.24, 2.45) is 4.99 Å². The first-order valence-electron chi connectivity index (χ1n) is 10.8. The number of nitrogens with zero attached hydrogens (tertiary/aromatic N) is 1. The Hall–Kier alpha value is -2.71. The van der Waals surface area contributed by atoms with E-state index in [0.29, 0.717) is 11.9 Å². The molecule has 1 N–H and O–H groups in total. The summed E-state index contributed by atoms with van der Waals surface area (Å²) in [6.07, 6.45) is 0.571. The van der Waals surface area contributed by atoms with Gasteiger partial charge < -0.3 is 5.11 Å². The molecule has 0 aliphatic carbocycles. The van der Waals surface area contributed by atoms with Crippen LogP contribution in [-0.2, 0) is 0 Å². The molecule has 4 heteroatoms. The van der Waals surface area contributed by atoms with Gasteiger partial charge in [-0.25, -0.2) is 4.99 Å². The number of aliphatic imine (C=N–C) groups is 1. The van der Waals surface area contributed by atoms with E-state index in [4.69, 9.17) is 4.99 Å². The lowest BCUT2D eigenvalue weighted by atomic mass is 10.2. The summed E-state index contributed by atoms with van der Waals surface area (Å²) in [7, 11) is -2.16. The molecule has 4 aromatic rings. The Kier molecular flexibility index (Phi) is 5.97. The van der Waals surface area contributed by atoms with Crippen LogP contribution in [0.4, 0.5) is 0 Å². The van der Waals surface area contributed by atoms with Crippen LogP contribution in [0.5, 0.6) is 0 Å². The largest absolute Gasteiger partial charge is 0.366 e. The number of aliphatic hydroxyl groups is 1.